The van der Waals surface area contributed by atoms with Gasteiger partial charge < -0.3 is 14.8 Å². The summed E-state index contributed by atoms with van der Waals surface area (Å²) in [6, 6.07) is 7.88. The van der Waals surface area contributed by atoms with E-state index >= 15 is 0 Å². The minimum Gasteiger partial charge on any atom is -0.494 e. The van der Waals surface area contributed by atoms with Gasteiger partial charge in [-0.1, -0.05) is 18.2 Å². The Labute approximate surface area is 120 Å². The maximum Gasteiger partial charge on any atom is 0.220 e. The van der Waals surface area contributed by atoms with Crippen LogP contribution in [-0.4, -0.2) is 31.8 Å². The predicted octanol–water partition coefficient (Wildman–Crippen LogP) is 2.31. The fourth-order valence-corrected chi connectivity index (χ4v) is 2.38. The van der Waals surface area contributed by atoms with Crippen molar-refractivity contribution in [2.75, 3.05) is 19.8 Å². The number of benzene rings is 1. The Morgan fingerprint density at radius 2 is 2.30 bits per heavy atom. The molecule has 1 aromatic carbocycles. The summed E-state index contributed by atoms with van der Waals surface area (Å²) in [7, 11) is 0. The van der Waals surface area contributed by atoms with Crippen molar-refractivity contribution in [3.05, 3.63) is 29.8 Å². The van der Waals surface area contributed by atoms with Crippen LogP contribution < -0.4 is 10.1 Å². The normalized spacial score (nSPS) is 17.9. The second-order valence-corrected chi connectivity index (χ2v) is 4.98. The molecule has 1 fully saturated rings. The third kappa shape index (κ3) is 4.53. The van der Waals surface area contributed by atoms with Crippen molar-refractivity contribution in [3.63, 3.8) is 0 Å². The van der Waals surface area contributed by atoms with Crippen LogP contribution in [0.4, 0.5) is 0 Å². The van der Waals surface area contributed by atoms with Crippen LogP contribution in [0.2, 0.25) is 0 Å². The summed E-state index contributed by atoms with van der Waals surface area (Å²) in [5.41, 5.74) is 1.08. The van der Waals surface area contributed by atoms with Crippen LogP contribution in [-0.2, 0) is 16.0 Å². The Morgan fingerprint density at radius 3 is 3.05 bits per heavy atom. The molecule has 1 aliphatic heterocycles. The molecular formula is C16H23NO3. The molecule has 0 aliphatic carbocycles. The predicted molar refractivity (Wildman–Crippen MR) is 77.9 cm³/mol. The number of rotatable bonds is 7. The largest absolute Gasteiger partial charge is 0.494 e. The molecular weight excluding hydrogens is 254 g/mol. The smallest absolute Gasteiger partial charge is 0.220 e. The molecule has 20 heavy (non-hydrogen) atoms. The fraction of sp³-hybridized carbons (Fsp3) is 0.562. The van der Waals surface area contributed by atoms with Gasteiger partial charge in [0.15, 0.2) is 0 Å². The second-order valence-electron chi connectivity index (χ2n) is 4.98. The number of para-hydroxylation sites is 1. The highest BCUT2D eigenvalue weighted by molar-refractivity contribution is 5.76. The molecule has 4 heteroatoms. The summed E-state index contributed by atoms with van der Waals surface area (Å²) in [5, 5.41) is 2.94. The molecule has 1 N–H and O–H groups in total. The van der Waals surface area contributed by atoms with Crippen molar-refractivity contribution in [3.8, 4) is 5.75 Å². The monoisotopic (exact) mass is 277 g/mol. The molecule has 0 bridgehead atoms. The molecule has 0 radical (unpaired) electrons. The molecule has 1 aromatic rings. The van der Waals surface area contributed by atoms with Crippen molar-refractivity contribution in [1.29, 1.82) is 0 Å². The van der Waals surface area contributed by atoms with E-state index in [-0.39, 0.29) is 12.0 Å². The lowest BCUT2D eigenvalue weighted by Gasteiger charge is -2.12. The van der Waals surface area contributed by atoms with Gasteiger partial charge >= 0.3 is 0 Å². The summed E-state index contributed by atoms with van der Waals surface area (Å²) >= 11 is 0. The van der Waals surface area contributed by atoms with Crippen molar-refractivity contribution >= 4 is 5.91 Å². The topological polar surface area (TPSA) is 47.6 Å². The first-order chi connectivity index (χ1) is 9.79. The van der Waals surface area contributed by atoms with Crippen LogP contribution >= 0.6 is 0 Å². The van der Waals surface area contributed by atoms with Crippen LogP contribution in [0.5, 0.6) is 5.75 Å². The maximum absolute atomic E-state index is 11.8. The molecule has 0 saturated carbocycles. The summed E-state index contributed by atoms with van der Waals surface area (Å²) in [5.74, 6) is 0.953. The van der Waals surface area contributed by atoms with Gasteiger partial charge in [0.2, 0.25) is 5.91 Å². The average molecular weight is 277 g/mol. The van der Waals surface area contributed by atoms with E-state index in [1.54, 1.807) is 0 Å². The van der Waals surface area contributed by atoms with Gasteiger partial charge in [-0.25, -0.2) is 0 Å². The average Bonchev–Trinajstić information content (AvgIpc) is 2.98. The van der Waals surface area contributed by atoms with Crippen LogP contribution in [0.1, 0.15) is 31.7 Å². The number of carbonyl (C=O) groups excluding carboxylic acids is 1. The van der Waals surface area contributed by atoms with Crippen LogP contribution in [0.25, 0.3) is 0 Å². The highest BCUT2D eigenvalue weighted by Gasteiger charge is 2.16. The fourth-order valence-electron chi connectivity index (χ4n) is 2.38. The van der Waals surface area contributed by atoms with E-state index in [9.17, 15) is 4.79 Å². The van der Waals surface area contributed by atoms with Crippen molar-refractivity contribution in [1.82, 2.24) is 5.32 Å². The van der Waals surface area contributed by atoms with Crippen molar-refractivity contribution < 1.29 is 14.3 Å². The molecule has 0 aromatic heterocycles. The minimum absolute atomic E-state index is 0.0757. The van der Waals surface area contributed by atoms with E-state index in [4.69, 9.17) is 9.47 Å². The summed E-state index contributed by atoms with van der Waals surface area (Å²) in [4.78, 5) is 11.8. The molecule has 1 amide bonds. The molecule has 4 nitrogen and oxygen atoms in total. The molecule has 1 unspecified atom stereocenters. The van der Waals surface area contributed by atoms with Crippen molar-refractivity contribution in [2.24, 2.45) is 0 Å². The summed E-state index contributed by atoms with van der Waals surface area (Å²) in [6.07, 6.45) is 3.54. The number of ether oxygens (including phenoxy) is 2. The lowest BCUT2D eigenvalue weighted by molar-refractivity contribution is -0.121. The third-order valence-corrected chi connectivity index (χ3v) is 3.44. The molecule has 1 atom stereocenters. The number of nitrogens with one attached hydrogen (secondary N) is 1. The number of aryl methyl sites for hydroxylation is 1. The SMILES string of the molecule is CCOc1ccccc1CCC(=O)NCC1CCCO1. The Bertz CT molecular complexity index is 427. The van der Waals surface area contributed by atoms with E-state index in [1.807, 2.05) is 31.2 Å². The first-order valence-electron chi connectivity index (χ1n) is 7.38. The van der Waals surface area contributed by atoms with E-state index in [2.05, 4.69) is 5.32 Å². The summed E-state index contributed by atoms with van der Waals surface area (Å²) < 4.78 is 11.0. The molecule has 1 aliphatic rings. The second kappa shape index (κ2) is 7.90. The van der Waals surface area contributed by atoms with Gasteiger partial charge in [-0.3, -0.25) is 4.79 Å². The standard InChI is InChI=1S/C16H23NO3/c1-2-19-15-8-4-3-6-13(15)9-10-16(18)17-12-14-7-5-11-20-14/h3-4,6,8,14H,2,5,7,9-12H2,1H3,(H,17,18). The third-order valence-electron chi connectivity index (χ3n) is 3.44. The summed E-state index contributed by atoms with van der Waals surface area (Å²) in [6.45, 7) is 4.06. The number of amides is 1. The Balaban J connectivity index is 1.74. The first-order valence-corrected chi connectivity index (χ1v) is 7.38. The van der Waals surface area contributed by atoms with Gasteiger partial charge in [0.05, 0.1) is 12.7 Å². The van der Waals surface area contributed by atoms with Gasteiger partial charge in [-0.2, -0.15) is 0 Å². The van der Waals surface area contributed by atoms with Gasteiger partial charge in [0.25, 0.3) is 0 Å². The molecule has 2 rings (SSSR count). The Morgan fingerprint density at radius 1 is 1.45 bits per heavy atom. The quantitative estimate of drug-likeness (QED) is 0.832. The van der Waals surface area contributed by atoms with E-state index in [0.717, 1.165) is 30.8 Å². The molecule has 0 spiro atoms. The number of hydrogen-bond acceptors (Lipinski definition) is 3. The zero-order valence-corrected chi connectivity index (χ0v) is 12.1. The van der Waals surface area contributed by atoms with Gasteiger partial charge in [0, 0.05) is 19.6 Å². The van der Waals surface area contributed by atoms with Crippen LogP contribution in [0.3, 0.4) is 0 Å². The van der Waals surface area contributed by atoms with Gasteiger partial charge in [-0.05, 0) is 37.8 Å². The van der Waals surface area contributed by atoms with Gasteiger partial charge in [0.1, 0.15) is 5.75 Å². The van der Waals surface area contributed by atoms with E-state index in [1.165, 1.54) is 0 Å². The lowest BCUT2D eigenvalue weighted by atomic mass is 10.1. The van der Waals surface area contributed by atoms with Crippen LogP contribution in [0.15, 0.2) is 24.3 Å². The molecule has 110 valence electrons. The van der Waals surface area contributed by atoms with E-state index in [0.29, 0.717) is 26.0 Å². The first kappa shape index (κ1) is 14.9. The highest BCUT2D eigenvalue weighted by Crippen LogP contribution is 2.19. The van der Waals surface area contributed by atoms with E-state index < -0.39 is 0 Å². The Hall–Kier alpha value is -1.55. The maximum atomic E-state index is 11.8. The molecule has 1 heterocycles. The molecule has 1 saturated heterocycles. The van der Waals surface area contributed by atoms with Gasteiger partial charge in [-0.15, -0.1) is 0 Å². The zero-order valence-electron chi connectivity index (χ0n) is 12.1. The minimum atomic E-state index is 0.0757. The highest BCUT2D eigenvalue weighted by atomic mass is 16.5. The number of carbonyl (C=O) groups is 1. The van der Waals surface area contributed by atoms with Crippen LogP contribution in [0, 0.1) is 0 Å². The number of hydrogen-bond donors (Lipinski definition) is 1. The lowest BCUT2D eigenvalue weighted by Crippen LogP contribution is -2.31. The van der Waals surface area contributed by atoms with Crippen molar-refractivity contribution in [2.45, 2.75) is 38.7 Å². The Kier molecular flexibility index (Phi) is 5.87. The zero-order chi connectivity index (χ0) is 14.2.